The third-order valence-corrected chi connectivity index (χ3v) is 4.41. The summed E-state index contributed by atoms with van der Waals surface area (Å²) in [5, 5.41) is 20.0. The summed E-state index contributed by atoms with van der Waals surface area (Å²) in [5.41, 5.74) is 3.47. The van der Waals surface area contributed by atoms with Crippen molar-refractivity contribution in [3.63, 3.8) is 0 Å². The Labute approximate surface area is 112 Å². The van der Waals surface area contributed by atoms with Gasteiger partial charge in [0.05, 0.1) is 12.5 Å². The Kier molecular flexibility index (Phi) is 6.64. The lowest BCUT2D eigenvalue weighted by molar-refractivity contribution is -0.366. The number of aliphatic hydroxyl groups excluding tert-OH is 1. The Bertz CT molecular complexity index is 452. The van der Waals surface area contributed by atoms with E-state index in [4.69, 9.17) is 5.11 Å². The zero-order chi connectivity index (χ0) is 15.3. The first kappa shape index (κ1) is 18.0. The number of quaternary nitrogens is 1. The van der Waals surface area contributed by atoms with Gasteiger partial charge in [-0.3, -0.25) is 4.55 Å². The molecule has 0 radical (unpaired) electrons. The van der Waals surface area contributed by atoms with E-state index < -0.39 is 26.4 Å². The molecule has 0 spiro atoms. The van der Waals surface area contributed by atoms with Crippen LogP contribution in [0.1, 0.15) is 33.1 Å². The van der Waals surface area contributed by atoms with Crippen molar-refractivity contribution in [3.05, 3.63) is 11.1 Å². The maximum absolute atomic E-state index is 11.3. The van der Waals surface area contributed by atoms with Crippen LogP contribution in [0, 0.1) is 0 Å². The second-order valence-electron chi connectivity index (χ2n) is 4.68. The average molecular weight is 295 g/mol. The fraction of sp³-hybridized carbons (Fsp3) is 0.727. The number of carboxylic acids is 1. The number of rotatable bonds is 8. The zero-order valence-electron chi connectivity index (χ0n) is 11.2. The van der Waals surface area contributed by atoms with Gasteiger partial charge >= 0.3 is 0 Å². The lowest BCUT2D eigenvalue weighted by Crippen LogP contribution is -2.51. The van der Waals surface area contributed by atoms with Crippen LogP contribution in [0.25, 0.3) is 0 Å². The standard InChI is InChI=1S/C11H21NO6S/c1-11(2,19(16,17)18)9(10(14)15)8(5-6-12)4-3-7-13/h13H,3-7,12H2,1-2H3,(H,14,15)(H,16,17,18). The van der Waals surface area contributed by atoms with Gasteiger partial charge in [-0.2, -0.15) is 8.42 Å². The topological polar surface area (TPSA) is 142 Å². The number of hydrogen-bond acceptors (Lipinski definition) is 5. The molecule has 5 N–H and O–H groups in total. The van der Waals surface area contributed by atoms with Crippen LogP contribution in [0.3, 0.4) is 0 Å². The summed E-state index contributed by atoms with van der Waals surface area (Å²) in [6.07, 6.45) is 0.782. The quantitative estimate of drug-likeness (QED) is 0.353. The molecule has 0 heterocycles. The van der Waals surface area contributed by atoms with Gasteiger partial charge in [-0.1, -0.05) is 5.57 Å². The Morgan fingerprint density at radius 2 is 1.84 bits per heavy atom. The van der Waals surface area contributed by atoms with Crippen molar-refractivity contribution in [3.8, 4) is 0 Å². The SMILES string of the molecule is CC(C)(C(C(=O)[O-])=C(CC[NH3+])CCCO)S(=O)(=O)O. The van der Waals surface area contributed by atoms with Gasteiger partial charge in [0.25, 0.3) is 10.1 Å². The first-order valence-corrected chi connectivity index (χ1v) is 7.34. The molecule has 0 aromatic carbocycles. The fourth-order valence-electron chi connectivity index (χ4n) is 1.83. The van der Waals surface area contributed by atoms with Crippen LogP contribution in [-0.4, -0.2) is 41.9 Å². The molecule has 0 saturated heterocycles. The van der Waals surface area contributed by atoms with Crippen molar-refractivity contribution in [2.45, 2.75) is 37.9 Å². The molecule has 0 bridgehead atoms. The summed E-state index contributed by atoms with van der Waals surface area (Å²) < 4.78 is 29.9. The highest BCUT2D eigenvalue weighted by molar-refractivity contribution is 7.87. The molecule has 0 aliphatic heterocycles. The van der Waals surface area contributed by atoms with Crippen molar-refractivity contribution < 1.29 is 33.7 Å². The molecule has 0 unspecified atom stereocenters. The molecular formula is C11H21NO6S. The van der Waals surface area contributed by atoms with Crippen molar-refractivity contribution in [2.24, 2.45) is 0 Å². The lowest BCUT2D eigenvalue weighted by atomic mass is 9.91. The van der Waals surface area contributed by atoms with Crippen molar-refractivity contribution in [1.29, 1.82) is 0 Å². The summed E-state index contributed by atoms with van der Waals surface area (Å²) in [6, 6.07) is 0. The number of carbonyl (C=O) groups excluding carboxylic acids is 1. The van der Waals surface area contributed by atoms with Gasteiger partial charge in [-0.05, 0) is 32.3 Å². The normalized spacial score (nSPS) is 14.2. The van der Waals surface area contributed by atoms with E-state index in [0.29, 0.717) is 18.5 Å². The number of aliphatic carboxylic acids is 1. The molecule has 8 heteroatoms. The fourth-order valence-corrected chi connectivity index (χ4v) is 2.31. The van der Waals surface area contributed by atoms with Crippen LogP contribution in [-0.2, 0) is 14.9 Å². The summed E-state index contributed by atoms with van der Waals surface area (Å²) in [6.45, 7) is 2.44. The van der Waals surface area contributed by atoms with Gasteiger partial charge in [-0.25, -0.2) is 0 Å². The highest BCUT2D eigenvalue weighted by Gasteiger charge is 2.39. The second kappa shape index (κ2) is 6.99. The predicted molar refractivity (Wildman–Crippen MR) is 66.4 cm³/mol. The minimum Gasteiger partial charge on any atom is -0.545 e. The van der Waals surface area contributed by atoms with Crippen molar-refractivity contribution >= 4 is 16.1 Å². The average Bonchev–Trinajstić information content (AvgIpc) is 2.23. The van der Waals surface area contributed by atoms with Crippen LogP contribution in [0.4, 0.5) is 0 Å². The highest BCUT2D eigenvalue weighted by atomic mass is 32.2. The molecule has 19 heavy (non-hydrogen) atoms. The molecule has 0 aromatic heterocycles. The predicted octanol–water partition coefficient (Wildman–Crippen LogP) is -1.90. The maximum atomic E-state index is 11.3. The molecular weight excluding hydrogens is 274 g/mol. The lowest BCUT2D eigenvalue weighted by Gasteiger charge is -2.28. The maximum Gasteiger partial charge on any atom is 0.274 e. The van der Waals surface area contributed by atoms with E-state index in [0.717, 1.165) is 13.8 Å². The van der Waals surface area contributed by atoms with Crippen molar-refractivity contribution in [1.82, 2.24) is 0 Å². The molecule has 112 valence electrons. The minimum absolute atomic E-state index is 0.146. The van der Waals surface area contributed by atoms with Gasteiger partial charge in [0.1, 0.15) is 4.75 Å². The Balaban J connectivity index is 5.89. The second-order valence-corrected chi connectivity index (χ2v) is 6.65. The molecule has 0 saturated carbocycles. The molecule has 0 aromatic rings. The third-order valence-electron chi connectivity index (χ3n) is 2.92. The van der Waals surface area contributed by atoms with Gasteiger partial charge < -0.3 is 20.7 Å². The van der Waals surface area contributed by atoms with E-state index in [1.165, 1.54) is 0 Å². The molecule has 0 rings (SSSR count). The van der Waals surface area contributed by atoms with E-state index in [1.807, 2.05) is 0 Å². The van der Waals surface area contributed by atoms with Crippen LogP contribution < -0.4 is 10.8 Å². The van der Waals surface area contributed by atoms with Crippen molar-refractivity contribution in [2.75, 3.05) is 13.2 Å². The van der Waals surface area contributed by atoms with Gasteiger partial charge in [0.15, 0.2) is 0 Å². The largest absolute Gasteiger partial charge is 0.545 e. The minimum atomic E-state index is -4.60. The summed E-state index contributed by atoms with van der Waals surface area (Å²) >= 11 is 0. The van der Waals surface area contributed by atoms with E-state index in [9.17, 15) is 22.9 Å². The van der Waals surface area contributed by atoms with Gasteiger partial charge in [0.2, 0.25) is 0 Å². The third kappa shape index (κ3) is 4.57. The smallest absolute Gasteiger partial charge is 0.274 e. The van der Waals surface area contributed by atoms with Crippen LogP contribution in [0.5, 0.6) is 0 Å². The van der Waals surface area contributed by atoms with Gasteiger partial charge in [0, 0.05) is 13.0 Å². The number of carbonyl (C=O) groups is 1. The number of aliphatic hydroxyl groups is 1. The number of hydrogen-bond donors (Lipinski definition) is 3. The monoisotopic (exact) mass is 295 g/mol. The number of carboxylic acid groups (broad SMARTS) is 1. The van der Waals surface area contributed by atoms with Crippen LogP contribution >= 0.6 is 0 Å². The molecule has 0 aliphatic carbocycles. The molecule has 7 nitrogen and oxygen atoms in total. The summed E-state index contributed by atoms with van der Waals surface area (Å²) in [7, 11) is -4.60. The van der Waals surface area contributed by atoms with Crippen LogP contribution in [0.2, 0.25) is 0 Å². The van der Waals surface area contributed by atoms with E-state index in [-0.39, 0.29) is 19.4 Å². The van der Waals surface area contributed by atoms with E-state index in [1.54, 1.807) is 0 Å². The van der Waals surface area contributed by atoms with E-state index in [2.05, 4.69) is 5.73 Å². The zero-order valence-corrected chi connectivity index (χ0v) is 12.0. The highest BCUT2D eigenvalue weighted by Crippen LogP contribution is 2.30. The first-order chi connectivity index (χ1) is 8.59. The van der Waals surface area contributed by atoms with E-state index >= 15 is 0 Å². The Morgan fingerprint density at radius 3 is 2.16 bits per heavy atom. The summed E-state index contributed by atoms with van der Waals surface area (Å²) in [4.78, 5) is 11.2. The van der Waals surface area contributed by atoms with Crippen LogP contribution in [0.15, 0.2) is 11.1 Å². The molecule has 0 amide bonds. The molecule has 0 fully saturated rings. The molecule has 0 aliphatic rings. The van der Waals surface area contributed by atoms with Gasteiger partial charge in [-0.15, -0.1) is 0 Å². The first-order valence-electron chi connectivity index (χ1n) is 5.90. The Morgan fingerprint density at radius 1 is 1.32 bits per heavy atom. The molecule has 0 atom stereocenters. The Hall–Kier alpha value is -0.960. The summed E-state index contributed by atoms with van der Waals surface area (Å²) in [5.74, 6) is -1.64.